The summed E-state index contributed by atoms with van der Waals surface area (Å²) in [4.78, 5) is 0. The summed E-state index contributed by atoms with van der Waals surface area (Å²) in [5.41, 5.74) is 1.43. The highest BCUT2D eigenvalue weighted by Gasteiger charge is 2.36. The fourth-order valence-electron chi connectivity index (χ4n) is 1.35. The SMILES string of the molecule is CC(C)CO[Si](C)(C(C)C)C(C)C. The lowest BCUT2D eigenvalue weighted by atomic mass is 10.2. The van der Waals surface area contributed by atoms with E-state index < -0.39 is 8.32 Å². The quantitative estimate of drug-likeness (QED) is 0.611. The van der Waals surface area contributed by atoms with Crippen molar-refractivity contribution in [2.24, 2.45) is 5.92 Å². The van der Waals surface area contributed by atoms with E-state index >= 15 is 0 Å². The van der Waals surface area contributed by atoms with Crippen LogP contribution in [0.4, 0.5) is 0 Å². The number of hydrogen-bond donors (Lipinski definition) is 0. The van der Waals surface area contributed by atoms with E-state index in [9.17, 15) is 0 Å². The van der Waals surface area contributed by atoms with E-state index in [4.69, 9.17) is 4.43 Å². The molecule has 0 rings (SSSR count). The summed E-state index contributed by atoms with van der Waals surface area (Å²) in [6.07, 6.45) is 0. The van der Waals surface area contributed by atoms with Crippen molar-refractivity contribution in [1.29, 1.82) is 0 Å². The van der Waals surface area contributed by atoms with Crippen molar-refractivity contribution in [3.8, 4) is 0 Å². The molecule has 0 heterocycles. The van der Waals surface area contributed by atoms with Gasteiger partial charge in [-0.05, 0) is 23.5 Å². The van der Waals surface area contributed by atoms with Crippen LogP contribution < -0.4 is 0 Å². The number of rotatable bonds is 5. The minimum atomic E-state index is -1.47. The molecular formula is C11H26OSi. The van der Waals surface area contributed by atoms with Gasteiger partial charge in [0, 0.05) is 6.61 Å². The van der Waals surface area contributed by atoms with Crippen LogP contribution in [0.5, 0.6) is 0 Å². The molecule has 0 radical (unpaired) electrons. The van der Waals surface area contributed by atoms with E-state index in [1.165, 1.54) is 0 Å². The van der Waals surface area contributed by atoms with Gasteiger partial charge < -0.3 is 4.43 Å². The van der Waals surface area contributed by atoms with Crippen LogP contribution in [0.1, 0.15) is 41.5 Å². The lowest BCUT2D eigenvalue weighted by Gasteiger charge is -2.35. The molecule has 1 nitrogen and oxygen atoms in total. The summed E-state index contributed by atoms with van der Waals surface area (Å²) in [6, 6.07) is 0. The normalized spacial score (nSPS) is 13.4. The molecule has 0 amide bonds. The van der Waals surface area contributed by atoms with Crippen molar-refractivity contribution >= 4 is 8.32 Å². The van der Waals surface area contributed by atoms with Crippen LogP contribution in [-0.2, 0) is 4.43 Å². The molecule has 0 aromatic heterocycles. The van der Waals surface area contributed by atoms with Gasteiger partial charge >= 0.3 is 0 Å². The first-order valence-corrected chi connectivity index (χ1v) is 8.01. The van der Waals surface area contributed by atoms with Gasteiger partial charge in [-0.25, -0.2) is 0 Å². The van der Waals surface area contributed by atoms with Crippen molar-refractivity contribution in [3.05, 3.63) is 0 Å². The molecule has 0 unspecified atom stereocenters. The van der Waals surface area contributed by atoms with Crippen LogP contribution in [0.2, 0.25) is 17.6 Å². The summed E-state index contributed by atoms with van der Waals surface area (Å²) in [6.45, 7) is 16.9. The van der Waals surface area contributed by atoms with Gasteiger partial charge in [-0.3, -0.25) is 0 Å². The highest BCUT2D eigenvalue weighted by atomic mass is 28.4. The zero-order valence-corrected chi connectivity index (χ0v) is 11.3. The van der Waals surface area contributed by atoms with Gasteiger partial charge in [0.25, 0.3) is 0 Å². The Labute approximate surface area is 85.0 Å². The van der Waals surface area contributed by atoms with E-state index in [2.05, 4.69) is 48.1 Å². The lowest BCUT2D eigenvalue weighted by molar-refractivity contribution is 0.248. The molecule has 0 aliphatic heterocycles. The molecule has 0 atom stereocenters. The Kier molecular flexibility index (Phi) is 5.23. The smallest absolute Gasteiger partial charge is 0.194 e. The summed E-state index contributed by atoms with van der Waals surface area (Å²) in [5, 5.41) is 0. The van der Waals surface area contributed by atoms with Crippen molar-refractivity contribution in [2.45, 2.75) is 59.2 Å². The van der Waals surface area contributed by atoms with Gasteiger partial charge in [-0.2, -0.15) is 0 Å². The van der Waals surface area contributed by atoms with E-state index in [0.717, 1.165) is 6.61 Å². The molecule has 0 aliphatic carbocycles. The van der Waals surface area contributed by atoms with Crippen LogP contribution >= 0.6 is 0 Å². The molecule has 0 fully saturated rings. The minimum Gasteiger partial charge on any atom is -0.416 e. The topological polar surface area (TPSA) is 9.23 Å². The maximum atomic E-state index is 6.15. The molecule has 0 aromatic rings. The largest absolute Gasteiger partial charge is 0.416 e. The number of hydrogen-bond acceptors (Lipinski definition) is 1. The van der Waals surface area contributed by atoms with E-state index in [1.807, 2.05) is 0 Å². The predicted octanol–water partition coefficient (Wildman–Crippen LogP) is 4.05. The zero-order valence-electron chi connectivity index (χ0n) is 10.3. The average molecular weight is 202 g/mol. The van der Waals surface area contributed by atoms with Crippen molar-refractivity contribution in [3.63, 3.8) is 0 Å². The molecule has 0 N–H and O–H groups in total. The van der Waals surface area contributed by atoms with E-state index in [1.54, 1.807) is 0 Å². The van der Waals surface area contributed by atoms with Gasteiger partial charge in [0.15, 0.2) is 8.32 Å². The molecule has 0 saturated carbocycles. The molecule has 2 heteroatoms. The summed E-state index contributed by atoms with van der Waals surface area (Å²) >= 11 is 0. The van der Waals surface area contributed by atoms with Gasteiger partial charge in [0.2, 0.25) is 0 Å². The van der Waals surface area contributed by atoms with Gasteiger partial charge in [-0.1, -0.05) is 41.5 Å². The average Bonchev–Trinajstić information content (AvgIpc) is 1.99. The fourth-order valence-corrected chi connectivity index (χ4v) is 4.04. The Bertz CT molecular complexity index is 133. The zero-order chi connectivity index (χ0) is 10.6. The molecule has 80 valence electrons. The van der Waals surface area contributed by atoms with Crippen molar-refractivity contribution in [2.75, 3.05) is 6.61 Å². The van der Waals surface area contributed by atoms with Crippen LogP contribution in [0.3, 0.4) is 0 Å². The fraction of sp³-hybridized carbons (Fsp3) is 1.00. The van der Waals surface area contributed by atoms with E-state index in [-0.39, 0.29) is 0 Å². The van der Waals surface area contributed by atoms with Gasteiger partial charge in [0.1, 0.15) is 0 Å². The summed E-state index contributed by atoms with van der Waals surface area (Å²) in [5.74, 6) is 0.657. The van der Waals surface area contributed by atoms with Crippen LogP contribution in [0.15, 0.2) is 0 Å². The molecule has 0 aliphatic rings. The standard InChI is InChI=1S/C11H26OSi/c1-9(2)8-12-13(7,10(3)4)11(5)6/h9-11H,8H2,1-7H3. The Morgan fingerprint density at radius 1 is 0.923 bits per heavy atom. The minimum absolute atomic E-state index is 0.657. The van der Waals surface area contributed by atoms with E-state index in [0.29, 0.717) is 17.0 Å². The first-order valence-electron chi connectivity index (χ1n) is 5.44. The lowest BCUT2D eigenvalue weighted by Crippen LogP contribution is -2.42. The summed E-state index contributed by atoms with van der Waals surface area (Å²) in [7, 11) is -1.47. The molecule has 0 aromatic carbocycles. The van der Waals surface area contributed by atoms with Crippen LogP contribution in [-0.4, -0.2) is 14.9 Å². The second kappa shape index (κ2) is 5.16. The van der Waals surface area contributed by atoms with Crippen molar-refractivity contribution < 1.29 is 4.43 Å². The van der Waals surface area contributed by atoms with Crippen LogP contribution in [0, 0.1) is 5.92 Å². The third-order valence-electron chi connectivity index (χ3n) is 3.02. The van der Waals surface area contributed by atoms with Gasteiger partial charge in [0.05, 0.1) is 0 Å². The Balaban J connectivity index is 4.25. The second-order valence-corrected chi connectivity index (χ2v) is 10.2. The predicted molar refractivity (Wildman–Crippen MR) is 62.6 cm³/mol. The maximum Gasteiger partial charge on any atom is 0.194 e. The Morgan fingerprint density at radius 2 is 1.31 bits per heavy atom. The molecule has 0 bridgehead atoms. The third kappa shape index (κ3) is 3.82. The first-order chi connectivity index (χ1) is 5.80. The van der Waals surface area contributed by atoms with Crippen LogP contribution in [0.25, 0.3) is 0 Å². The molecule has 13 heavy (non-hydrogen) atoms. The first kappa shape index (κ1) is 13.2. The maximum absolute atomic E-state index is 6.15. The highest BCUT2D eigenvalue weighted by Crippen LogP contribution is 2.33. The molecular weight excluding hydrogens is 176 g/mol. The Hall–Kier alpha value is 0.177. The second-order valence-electron chi connectivity index (χ2n) is 5.20. The highest BCUT2D eigenvalue weighted by molar-refractivity contribution is 6.75. The monoisotopic (exact) mass is 202 g/mol. The summed E-state index contributed by atoms with van der Waals surface area (Å²) < 4.78 is 6.15. The Morgan fingerprint density at radius 3 is 1.54 bits per heavy atom. The molecule has 0 spiro atoms. The molecule has 0 saturated heterocycles. The third-order valence-corrected chi connectivity index (χ3v) is 8.39. The van der Waals surface area contributed by atoms with Crippen molar-refractivity contribution in [1.82, 2.24) is 0 Å². The van der Waals surface area contributed by atoms with Gasteiger partial charge in [-0.15, -0.1) is 0 Å².